The first-order valence-electron chi connectivity index (χ1n) is 1.17. The zero-order valence-corrected chi connectivity index (χ0v) is 6.54. The van der Waals surface area contributed by atoms with Crippen molar-refractivity contribution in [2.75, 3.05) is 0 Å². The summed E-state index contributed by atoms with van der Waals surface area (Å²) in [5.41, 5.74) is 0. The van der Waals surface area contributed by atoms with Crippen LogP contribution < -0.4 is 0 Å². The Morgan fingerprint density at radius 2 is 1.50 bits per heavy atom. The molecule has 3 nitrogen and oxygen atoms in total. The van der Waals surface area contributed by atoms with Gasteiger partial charge < -0.3 is 4.55 Å². The summed E-state index contributed by atoms with van der Waals surface area (Å²) in [7, 11) is -4.46. The molecule has 0 fully saturated rings. The molecule has 0 unspecified atom stereocenters. The van der Waals surface area contributed by atoms with Crippen molar-refractivity contribution in [2.45, 2.75) is 4.17 Å². The Morgan fingerprint density at radius 1 is 1.38 bits per heavy atom. The van der Waals surface area contributed by atoms with Crippen LogP contribution in [0.4, 0.5) is 0 Å². The van der Waals surface area contributed by atoms with E-state index in [1.807, 2.05) is 0 Å². The molecule has 0 bridgehead atoms. The average molecular weight is 228 g/mol. The van der Waals surface area contributed by atoms with Gasteiger partial charge in [-0.15, -0.1) is 0 Å². The maximum absolute atomic E-state index is 9.51. The van der Waals surface area contributed by atoms with Crippen LogP contribution in [0.2, 0.25) is 0 Å². The topological polar surface area (TPSA) is 57.2 Å². The number of hydrogen-bond acceptors (Lipinski definition) is 3. The van der Waals surface area contributed by atoms with Crippen molar-refractivity contribution >= 4 is 33.3 Å². The maximum Gasteiger partial charge on any atom is 1.00 e. The molecule has 0 atom stereocenters. The van der Waals surface area contributed by atoms with Crippen LogP contribution in [0, 0.1) is 0 Å². The number of alkyl halides is 2. The van der Waals surface area contributed by atoms with Gasteiger partial charge in [0.1, 0.15) is 10.1 Å². The van der Waals surface area contributed by atoms with E-state index in [9.17, 15) is 13.0 Å². The minimum Gasteiger partial charge on any atom is -0.746 e. The summed E-state index contributed by atoms with van der Waals surface area (Å²) in [4.78, 5) is 0. The van der Waals surface area contributed by atoms with E-state index in [0.29, 0.717) is 0 Å². The van der Waals surface area contributed by atoms with Crippen LogP contribution in [0.5, 0.6) is 0 Å². The van der Waals surface area contributed by atoms with Crippen LogP contribution in [0.25, 0.3) is 0 Å². The summed E-state index contributed by atoms with van der Waals surface area (Å²) in [6.07, 6.45) is 0. The molecule has 0 aromatic heterocycles. The van der Waals surface area contributed by atoms with Gasteiger partial charge >= 0.3 is 17.1 Å². The summed E-state index contributed by atoms with van der Waals surface area (Å²) < 4.78 is 26.7. The third kappa shape index (κ3) is 5.15. The molecule has 0 saturated carbocycles. The zero-order valence-electron chi connectivity index (χ0n) is 3.27. The van der Waals surface area contributed by atoms with Crippen LogP contribution in [0.3, 0.4) is 0 Å². The molecular formula is CHCl2CuO3S. The Bertz CT molecular complexity index is 139. The van der Waals surface area contributed by atoms with Crippen molar-refractivity contribution in [3.05, 3.63) is 0 Å². The van der Waals surface area contributed by atoms with Gasteiger partial charge in [0.2, 0.25) is 0 Å². The fourth-order valence-electron chi connectivity index (χ4n) is 0. The number of rotatable bonds is 1. The van der Waals surface area contributed by atoms with Gasteiger partial charge in [0.05, 0.1) is 0 Å². The molecular weight excluding hydrogens is 227 g/mol. The molecule has 0 radical (unpaired) electrons. The molecule has 7 heteroatoms. The normalized spacial score (nSPS) is 11.0. The summed E-state index contributed by atoms with van der Waals surface area (Å²) in [6.45, 7) is 0. The Labute approximate surface area is 67.6 Å². The van der Waals surface area contributed by atoms with Crippen molar-refractivity contribution in [2.24, 2.45) is 0 Å². The third-order valence-electron chi connectivity index (χ3n) is 0.218. The number of halogens is 2. The molecule has 0 amide bonds. The standard InChI is InChI=1S/CH2Cl2O3S.Cu/c2-1(3)7(4,5)6;/h1H,(H,4,5,6);/q;+1/p-1. The van der Waals surface area contributed by atoms with Crippen LogP contribution in [0.15, 0.2) is 0 Å². The first-order valence-corrected chi connectivity index (χ1v) is 3.52. The Morgan fingerprint density at radius 3 is 1.50 bits per heavy atom. The minimum absolute atomic E-state index is 0. The first kappa shape index (κ1) is 11.8. The minimum atomic E-state index is -4.46. The molecule has 0 aliphatic rings. The summed E-state index contributed by atoms with van der Waals surface area (Å²) in [5, 5.41) is 0. The SMILES string of the molecule is O=S(=O)([O-])C(Cl)Cl.[Cu+]. The predicted octanol–water partition coefficient (Wildman–Crippen LogP) is 0.290. The van der Waals surface area contributed by atoms with E-state index < -0.39 is 14.3 Å². The van der Waals surface area contributed by atoms with Crippen LogP contribution in [-0.2, 0) is 27.2 Å². The summed E-state index contributed by atoms with van der Waals surface area (Å²) in [6, 6.07) is 0. The van der Waals surface area contributed by atoms with E-state index in [2.05, 4.69) is 23.2 Å². The molecule has 0 aliphatic heterocycles. The molecule has 0 spiro atoms. The maximum atomic E-state index is 9.51. The Balaban J connectivity index is 0. The van der Waals surface area contributed by atoms with E-state index in [-0.39, 0.29) is 17.1 Å². The Kier molecular flexibility index (Phi) is 5.78. The van der Waals surface area contributed by atoms with E-state index in [4.69, 9.17) is 0 Å². The van der Waals surface area contributed by atoms with Crippen LogP contribution in [0.1, 0.15) is 0 Å². The largest absolute Gasteiger partial charge is 1.00 e. The second-order valence-corrected chi connectivity index (χ2v) is 3.82. The van der Waals surface area contributed by atoms with Gasteiger partial charge in [0.15, 0.2) is 4.17 Å². The van der Waals surface area contributed by atoms with Crippen LogP contribution >= 0.6 is 23.2 Å². The van der Waals surface area contributed by atoms with E-state index in [0.717, 1.165) is 0 Å². The van der Waals surface area contributed by atoms with E-state index in [1.54, 1.807) is 0 Å². The van der Waals surface area contributed by atoms with Crippen molar-refractivity contribution in [3.63, 3.8) is 0 Å². The number of hydrogen-bond donors (Lipinski definition) is 0. The summed E-state index contributed by atoms with van der Waals surface area (Å²) in [5.74, 6) is 0. The fourth-order valence-corrected chi connectivity index (χ4v) is 0. The molecule has 8 heavy (non-hydrogen) atoms. The van der Waals surface area contributed by atoms with E-state index >= 15 is 0 Å². The quantitative estimate of drug-likeness (QED) is 0.368. The average Bonchev–Trinajstić information content (AvgIpc) is 1.31. The van der Waals surface area contributed by atoms with Gasteiger partial charge in [-0.25, -0.2) is 8.42 Å². The molecule has 54 valence electrons. The second kappa shape index (κ2) is 3.93. The smallest absolute Gasteiger partial charge is 0.746 e. The molecule has 0 aromatic rings. The van der Waals surface area contributed by atoms with Crippen LogP contribution in [-0.4, -0.2) is 17.1 Å². The summed E-state index contributed by atoms with van der Waals surface area (Å²) >= 11 is 9.24. The third-order valence-corrected chi connectivity index (χ3v) is 1.96. The molecule has 0 rings (SSSR count). The van der Waals surface area contributed by atoms with Crippen molar-refractivity contribution < 1.29 is 30.0 Å². The molecule has 0 N–H and O–H groups in total. The Hall–Kier alpha value is 1.01. The van der Waals surface area contributed by atoms with Gasteiger partial charge in [0, 0.05) is 0 Å². The monoisotopic (exact) mass is 226 g/mol. The molecule has 0 saturated heterocycles. The van der Waals surface area contributed by atoms with Crippen molar-refractivity contribution in [3.8, 4) is 0 Å². The zero-order chi connectivity index (χ0) is 6.08. The second-order valence-electron chi connectivity index (χ2n) is 0.753. The first-order chi connectivity index (χ1) is 2.94. The van der Waals surface area contributed by atoms with Gasteiger partial charge in [-0.1, -0.05) is 23.2 Å². The van der Waals surface area contributed by atoms with Crippen molar-refractivity contribution in [1.29, 1.82) is 0 Å². The molecule has 0 aromatic carbocycles. The van der Waals surface area contributed by atoms with Crippen molar-refractivity contribution in [1.82, 2.24) is 0 Å². The molecule has 0 aliphatic carbocycles. The van der Waals surface area contributed by atoms with Gasteiger partial charge in [-0.3, -0.25) is 0 Å². The molecule has 0 heterocycles. The fraction of sp³-hybridized carbons (Fsp3) is 1.00. The van der Waals surface area contributed by atoms with Gasteiger partial charge in [-0.2, -0.15) is 0 Å². The van der Waals surface area contributed by atoms with E-state index in [1.165, 1.54) is 0 Å². The van der Waals surface area contributed by atoms with Gasteiger partial charge in [0.25, 0.3) is 0 Å². The van der Waals surface area contributed by atoms with Gasteiger partial charge in [-0.05, 0) is 0 Å². The predicted molar refractivity (Wildman–Crippen MR) is 25.2 cm³/mol.